The molecular weight excluding hydrogens is 1020 g/mol. The lowest BCUT2D eigenvalue weighted by molar-refractivity contribution is -0.302. The zero-order valence-corrected chi connectivity index (χ0v) is 53.5. The molecule has 9 heteroatoms. The molecule has 0 aromatic heterocycles. The zero-order chi connectivity index (χ0) is 59.3. The largest absolute Gasteiger partial charge is 0.394 e. The summed E-state index contributed by atoms with van der Waals surface area (Å²) in [5.41, 5.74) is 0. The van der Waals surface area contributed by atoms with Gasteiger partial charge in [-0.1, -0.05) is 331 Å². The van der Waals surface area contributed by atoms with Crippen LogP contribution in [-0.4, -0.2) is 87.5 Å². The van der Waals surface area contributed by atoms with E-state index in [1.165, 1.54) is 225 Å². The van der Waals surface area contributed by atoms with E-state index in [0.29, 0.717) is 12.8 Å². The van der Waals surface area contributed by atoms with Gasteiger partial charge in [-0.15, -0.1) is 0 Å². The summed E-state index contributed by atoms with van der Waals surface area (Å²) in [6, 6.07) is -0.720. The van der Waals surface area contributed by atoms with Gasteiger partial charge in [0.05, 0.1) is 25.4 Å². The number of carbonyl (C=O) groups is 1. The summed E-state index contributed by atoms with van der Waals surface area (Å²) < 4.78 is 11.4. The molecule has 6 N–H and O–H groups in total. The van der Waals surface area contributed by atoms with Crippen LogP contribution in [0.15, 0.2) is 72.9 Å². The number of hydrogen-bond acceptors (Lipinski definition) is 8. The minimum absolute atomic E-state index is 0.135. The third-order valence-electron chi connectivity index (χ3n) is 16.6. The highest BCUT2D eigenvalue weighted by Crippen LogP contribution is 2.24. The first kappa shape index (κ1) is 77.6. The second kappa shape index (κ2) is 61.7. The number of carbonyl (C=O) groups excluding carboxylic acids is 1. The molecule has 0 bridgehead atoms. The Balaban J connectivity index is 2.04. The van der Waals surface area contributed by atoms with Crippen LogP contribution in [0.5, 0.6) is 0 Å². The van der Waals surface area contributed by atoms with Gasteiger partial charge in [0.1, 0.15) is 24.4 Å². The van der Waals surface area contributed by atoms with Crippen LogP contribution in [0.3, 0.4) is 0 Å². The van der Waals surface area contributed by atoms with Crippen LogP contribution < -0.4 is 5.32 Å². The van der Waals surface area contributed by atoms with Gasteiger partial charge in [0, 0.05) is 6.42 Å². The molecule has 0 aromatic rings. The minimum Gasteiger partial charge on any atom is -0.394 e. The molecule has 1 heterocycles. The van der Waals surface area contributed by atoms with Crippen molar-refractivity contribution >= 4 is 5.91 Å². The van der Waals surface area contributed by atoms with Crippen molar-refractivity contribution in [2.75, 3.05) is 13.2 Å². The Hall–Kier alpha value is -2.37. The molecule has 7 unspecified atom stereocenters. The monoisotopic (exact) mass is 1150 g/mol. The van der Waals surface area contributed by atoms with E-state index in [9.17, 15) is 30.3 Å². The van der Waals surface area contributed by atoms with Crippen molar-refractivity contribution in [2.24, 2.45) is 0 Å². The molecule has 0 aliphatic carbocycles. The molecule has 1 fully saturated rings. The van der Waals surface area contributed by atoms with Crippen LogP contribution in [-0.2, 0) is 14.3 Å². The van der Waals surface area contributed by atoms with E-state index in [1.807, 2.05) is 0 Å². The van der Waals surface area contributed by atoms with Crippen molar-refractivity contribution in [3.05, 3.63) is 72.9 Å². The molecule has 1 rings (SSSR count). The molecule has 0 aromatic carbocycles. The molecule has 0 spiro atoms. The van der Waals surface area contributed by atoms with Gasteiger partial charge >= 0.3 is 0 Å². The van der Waals surface area contributed by atoms with Crippen molar-refractivity contribution in [1.29, 1.82) is 0 Å². The Morgan fingerprint density at radius 1 is 0.427 bits per heavy atom. The van der Waals surface area contributed by atoms with E-state index in [-0.39, 0.29) is 12.5 Å². The first-order valence-corrected chi connectivity index (χ1v) is 35.1. The molecule has 82 heavy (non-hydrogen) atoms. The maximum atomic E-state index is 13.1. The molecule has 1 amide bonds. The lowest BCUT2D eigenvalue weighted by Crippen LogP contribution is -2.60. The third-order valence-corrected chi connectivity index (χ3v) is 16.6. The third kappa shape index (κ3) is 49.8. The van der Waals surface area contributed by atoms with Crippen LogP contribution in [0.1, 0.15) is 328 Å². The van der Waals surface area contributed by atoms with E-state index < -0.39 is 49.5 Å². The fourth-order valence-corrected chi connectivity index (χ4v) is 11.1. The molecule has 478 valence electrons. The van der Waals surface area contributed by atoms with Crippen LogP contribution in [0.4, 0.5) is 0 Å². The fraction of sp³-hybridized carbons (Fsp3) is 0.822. The Bertz CT molecular complexity index is 1520. The van der Waals surface area contributed by atoms with Crippen molar-refractivity contribution in [3.63, 3.8) is 0 Å². The maximum Gasteiger partial charge on any atom is 0.220 e. The summed E-state index contributed by atoms with van der Waals surface area (Å²) >= 11 is 0. The summed E-state index contributed by atoms with van der Waals surface area (Å²) in [7, 11) is 0. The summed E-state index contributed by atoms with van der Waals surface area (Å²) in [6.45, 7) is 3.76. The average molecular weight is 1150 g/mol. The highest BCUT2D eigenvalue weighted by Gasteiger charge is 2.44. The summed E-state index contributed by atoms with van der Waals surface area (Å²) in [4.78, 5) is 13.1. The maximum absolute atomic E-state index is 13.1. The van der Waals surface area contributed by atoms with Crippen molar-refractivity contribution in [2.45, 2.75) is 371 Å². The first-order valence-electron chi connectivity index (χ1n) is 35.1. The highest BCUT2D eigenvalue weighted by atomic mass is 16.7. The van der Waals surface area contributed by atoms with Gasteiger partial charge in [-0.3, -0.25) is 4.79 Å². The predicted molar refractivity (Wildman–Crippen MR) is 350 cm³/mol. The number of unbranched alkanes of at least 4 members (excludes halogenated alkanes) is 39. The first-order chi connectivity index (χ1) is 40.3. The predicted octanol–water partition coefficient (Wildman–Crippen LogP) is 19.1. The molecule has 0 radical (unpaired) electrons. The highest BCUT2D eigenvalue weighted by molar-refractivity contribution is 5.76. The Morgan fingerprint density at radius 2 is 0.756 bits per heavy atom. The van der Waals surface area contributed by atoms with Crippen LogP contribution in [0, 0.1) is 0 Å². The second-order valence-corrected chi connectivity index (χ2v) is 24.3. The van der Waals surface area contributed by atoms with E-state index in [1.54, 1.807) is 0 Å². The number of hydrogen-bond donors (Lipinski definition) is 6. The topological polar surface area (TPSA) is 149 Å². The summed E-state index contributed by atoms with van der Waals surface area (Å²) in [5, 5.41) is 54.9. The molecule has 1 aliphatic rings. The van der Waals surface area contributed by atoms with Crippen LogP contribution >= 0.6 is 0 Å². The minimum atomic E-state index is -1.55. The zero-order valence-electron chi connectivity index (χ0n) is 53.5. The number of amides is 1. The summed E-state index contributed by atoms with van der Waals surface area (Å²) in [5.74, 6) is -0.139. The Kier molecular flexibility index (Phi) is 58.4. The number of ether oxygens (including phenoxy) is 2. The van der Waals surface area contributed by atoms with Crippen molar-refractivity contribution in [1.82, 2.24) is 5.32 Å². The number of nitrogens with one attached hydrogen (secondary N) is 1. The SMILES string of the molecule is CC/C=C\C/C=C\C/C=C\C/C=C\C/C=C\C/C=C\CCCCCCCCCCCCCCCCCCCCCCCCC(=O)NC(COC1OC(CO)C(O)C(O)C1O)C(O)CCCCCCCCCCCCCCCCCCCC. The van der Waals surface area contributed by atoms with E-state index in [2.05, 4.69) is 92.1 Å². The molecule has 0 saturated carbocycles. The van der Waals surface area contributed by atoms with Gasteiger partial charge < -0.3 is 40.3 Å². The lowest BCUT2D eigenvalue weighted by Gasteiger charge is -2.40. The normalized spacial score (nSPS) is 18.7. The van der Waals surface area contributed by atoms with E-state index >= 15 is 0 Å². The average Bonchev–Trinajstić information content (AvgIpc) is 3.57. The number of rotatable bonds is 61. The van der Waals surface area contributed by atoms with Gasteiger partial charge in [0.2, 0.25) is 5.91 Å². The Morgan fingerprint density at radius 3 is 1.12 bits per heavy atom. The van der Waals surface area contributed by atoms with Gasteiger partial charge in [-0.2, -0.15) is 0 Å². The molecular formula is C73H133NO8. The molecule has 7 atom stereocenters. The molecule has 1 saturated heterocycles. The van der Waals surface area contributed by atoms with Gasteiger partial charge in [0.15, 0.2) is 6.29 Å². The second-order valence-electron chi connectivity index (χ2n) is 24.3. The van der Waals surface area contributed by atoms with Gasteiger partial charge in [-0.25, -0.2) is 0 Å². The fourth-order valence-electron chi connectivity index (χ4n) is 11.1. The standard InChI is InChI=1S/C73H133NO8/c1-3-5-7-9-11-13-15-17-19-21-23-24-25-26-27-28-29-30-31-32-33-34-35-36-37-38-39-40-41-42-43-44-45-47-49-51-53-55-57-59-61-63-69(77)74-66(65-81-73-72(80)71(79)70(78)68(64-75)82-73)67(76)62-60-58-56-54-52-50-48-46-22-20-18-16-14-12-10-8-6-4-2/h5,7,11,13,17,19,23-24,26-27,29-30,66-68,70-73,75-76,78-80H,3-4,6,8-10,12,14-16,18,20-22,25,28,31-65H2,1-2H3,(H,74,77)/b7-5-,13-11-,19-17-,24-23-,27-26-,30-29-. The van der Waals surface area contributed by atoms with Gasteiger partial charge in [0.25, 0.3) is 0 Å². The lowest BCUT2D eigenvalue weighted by atomic mass is 9.99. The smallest absolute Gasteiger partial charge is 0.220 e. The quantitative estimate of drug-likeness (QED) is 0.0261. The number of aliphatic hydroxyl groups is 5. The van der Waals surface area contributed by atoms with E-state index in [4.69, 9.17) is 9.47 Å². The summed E-state index contributed by atoms with van der Waals surface area (Å²) in [6.07, 6.45) is 79.8. The van der Waals surface area contributed by atoms with Crippen LogP contribution in [0.25, 0.3) is 0 Å². The molecule has 9 nitrogen and oxygen atoms in total. The van der Waals surface area contributed by atoms with Gasteiger partial charge in [-0.05, 0) is 64.2 Å². The van der Waals surface area contributed by atoms with Crippen LogP contribution in [0.2, 0.25) is 0 Å². The number of allylic oxidation sites excluding steroid dienone is 12. The number of aliphatic hydroxyl groups excluding tert-OH is 5. The Labute approximate surface area is 506 Å². The van der Waals surface area contributed by atoms with Crippen molar-refractivity contribution in [3.8, 4) is 0 Å². The van der Waals surface area contributed by atoms with E-state index in [0.717, 1.165) is 77.0 Å². The van der Waals surface area contributed by atoms with Crippen molar-refractivity contribution < 1.29 is 39.8 Å². The molecule has 1 aliphatic heterocycles.